The molecule has 7 heteroatoms. The number of nitrogens with zero attached hydrogens (tertiary/aromatic N) is 3. The second kappa shape index (κ2) is 10.2. The lowest BCUT2D eigenvalue weighted by atomic mass is 9.86. The van der Waals surface area contributed by atoms with E-state index in [9.17, 15) is 4.79 Å². The number of hydrogen-bond donors (Lipinski definition) is 2. The zero-order valence-corrected chi connectivity index (χ0v) is 23.5. The Labute approximate surface area is 230 Å². The molecule has 2 aliphatic rings. The SMILES string of the molecule is CC1=CC(C)(C)N(C)c2ccc([C@H]3[C@@H](c4ccccn4)NC(=S)N3CCC(=O)Nc3cccc(C)c3)cc21. The first-order valence-corrected chi connectivity index (χ1v) is 13.5. The van der Waals surface area contributed by atoms with E-state index in [0.717, 1.165) is 22.5 Å². The maximum atomic E-state index is 12.9. The Morgan fingerprint density at radius 1 is 1.11 bits per heavy atom. The van der Waals surface area contributed by atoms with Gasteiger partial charge in [0.25, 0.3) is 0 Å². The van der Waals surface area contributed by atoms with Gasteiger partial charge in [-0.25, -0.2) is 0 Å². The number of aryl methyl sites for hydroxylation is 1. The van der Waals surface area contributed by atoms with Gasteiger partial charge >= 0.3 is 0 Å². The number of amides is 1. The second-order valence-corrected chi connectivity index (χ2v) is 11.2. The van der Waals surface area contributed by atoms with Crippen molar-refractivity contribution in [2.45, 2.75) is 51.7 Å². The van der Waals surface area contributed by atoms with Crippen molar-refractivity contribution in [3.8, 4) is 0 Å². The van der Waals surface area contributed by atoms with Crippen molar-refractivity contribution in [1.29, 1.82) is 0 Å². The molecular weight excluding hydrogens is 490 g/mol. The molecule has 196 valence electrons. The summed E-state index contributed by atoms with van der Waals surface area (Å²) in [5.41, 5.74) is 7.63. The largest absolute Gasteiger partial charge is 0.366 e. The highest BCUT2D eigenvalue weighted by molar-refractivity contribution is 7.80. The van der Waals surface area contributed by atoms with E-state index in [0.29, 0.717) is 18.1 Å². The zero-order chi connectivity index (χ0) is 27.0. The zero-order valence-electron chi connectivity index (χ0n) is 22.7. The van der Waals surface area contributed by atoms with Gasteiger partial charge < -0.3 is 20.4 Å². The second-order valence-electron chi connectivity index (χ2n) is 10.8. The van der Waals surface area contributed by atoms with E-state index in [4.69, 9.17) is 12.2 Å². The Balaban J connectivity index is 1.45. The number of hydrogen-bond acceptors (Lipinski definition) is 4. The molecule has 0 aliphatic carbocycles. The van der Waals surface area contributed by atoms with Gasteiger partial charge in [0, 0.05) is 43.1 Å². The minimum atomic E-state index is -0.122. The third kappa shape index (κ3) is 5.03. The number of carbonyl (C=O) groups is 1. The molecule has 6 nitrogen and oxygen atoms in total. The van der Waals surface area contributed by atoms with E-state index in [-0.39, 0.29) is 23.5 Å². The molecule has 2 atom stereocenters. The summed E-state index contributed by atoms with van der Waals surface area (Å²) < 4.78 is 0. The fraction of sp³-hybridized carbons (Fsp3) is 0.323. The summed E-state index contributed by atoms with van der Waals surface area (Å²) in [6.07, 6.45) is 4.45. The molecule has 0 spiro atoms. The van der Waals surface area contributed by atoms with E-state index in [1.54, 1.807) is 0 Å². The number of rotatable bonds is 6. The van der Waals surface area contributed by atoms with Crippen LogP contribution in [0.2, 0.25) is 0 Å². The highest BCUT2D eigenvalue weighted by Crippen LogP contribution is 2.43. The van der Waals surface area contributed by atoms with Gasteiger partial charge in [-0.05, 0) is 93.0 Å². The normalized spacial score (nSPS) is 20.0. The number of thiocarbonyl (C=S) groups is 1. The van der Waals surface area contributed by atoms with Crippen molar-refractivity contribution in [3.05, 3.63) is 95.3 Å². The Kier molecular flexibility index (Phi) is 6.97. The van der Waals surface area contributed by atoms with Crippen LogP contribution in [0.5, 0.6) is 0 Å². The maximum absolute atomic E-state index is 12.9. The summed E-state index contributed by atoms with van der Waals surface area (Å²) in [6, 6.07) is 20.3. The summed E-state index contributed by atoms with van der Waals surface area (Å²) in [6.45, 7) is 9.15. The van der Waals surface area contributed by atoms with Crippen LogP contribution in [-0.2, 0) is 4.79 Å². The number of carbonyl (C=O) groups excluding carboxylic acids is 1. The van der Waals surface area contributed by atoms with Gasteiger partial charge in [-0.15, -0.1) is 0 Å². The van der Waals surface area contributed by atoms with Crippen LogP contribution in [0.4, 0.5) is 11.4 Å². The molecule has 1 fully saturated rings. The number of nitrogens with one attached hydrogen (secondary N) is 2. The molecule has 3 heterocycles. The van der Waals surface area contributed by atoms with Crippen LogP contribution < -0.4 is 15.5 Å². The van der Waals surface area contributed by atoms with Gasteiger partial charge in [0.05, 0.1) is 23.3 Å². The van der Waals surface area contributed by atoms with Crippen LogP contribution in [0.15, 0.2) is 72.9 Å². The van der Waals surface area contributed by atoms with Crippen LogP contribution in [0.3, 0.4) is 0 Å². The third-order valence-corrected chi connectivity index (χ3v) is 8.01. The minimum absolute atomic E-state index is 0.0356. The van der Waals surface area contributed by atoms with Crippen molar-refractivity contribution >= 4 is 40.2 Å². The van der Waals surface area contributed by atoms with Crippen molar-refractivity contribution in [2.24, 2.45) is 0 Å². The van der Waals surface area contributed by atoms with Crippen LogP contribution in [-0.4, -0.2) is 40.0 Å². The number of likely N-dealkylation sites (N-methyl/N-ethyl adjacent to an activating group) is 1. The van der Waals surface area contributed by atoms with E-state index in [1.807, 2.05) is 55.6 Å². The molecule has 0 unspecified atom stereocenters. The summed E-state index contributed by atoms with van der Waals surface area (Å²) in [5, 5.41) is 7.16. The monoisotopic (exact) mass is 525 g/mol. The number of benzene rings is 2. The van der Waals surface area contributed by atoms with Crippen molar-refractivity contribution in [1.82, 2.24) is 15.2 Å². The standard InChI is InChI=1S/C31H35N5OS/c1-20-9-8-10-23(17-20)33-27(37)14-16-36-29(28(34-30(36)38)25-11-6-7-15-32-25)22-12-13-26-24(18-22)21(2)19-31(3,4)35(26)5/h6-13,15,17-19,28-29H,14,16H2,1-5H3,(H,33,37)(H,34,38)/t28-,29+/m1/s1. The lowest BCUT2D eigenvalue weighted by Crippen LogP contribution is -2.42. The molecule has 1 aromatic heterocycles. The number of aromatic nitrogens is 1. The van der Waals surface area contributed by atoms with E-state index in [1.165, 1.54) is 16.8 Å². The van der Waals surface area contributed by atoms with Crippen LogP contribution in [0.25, 0.3) is 5.57 Å². The first kappa shape index (κ1) is 25.9. The van der Waals surface area contributed by atoms with Crippen LogP contribution >= 0.6 is 12.2 Å². The van der Waals surface area contributed by atoms with Gasteiger partial charge in [-0.1, -0.05) is 30.3 Å². The number of fused-ring (bicyclic) bond motifs is 1. The minimum Gasteiger partial charge on any atom is -0.366 e. The van der Waals surface area contributed by atoms with Crippen molar-refractivity contribution in [3.63, 3.8) is 0 Å². The lowest BCUT2D eigenvalue weighted by molar-refractivity contribution is -0.116. The topological polar surface area (TPSA) is 60.5 Å². The van der Waals surface area contributed by atoms with E-state index < -0.39 is 0 Å². The van der Waals surface area contributed by atoms with Crippen LogP contribution in [0, 0.1) is 6.92 Å². The molecule has 2 aromatic carbocycles. The average Bonchev–Trinajstić information content (AvgIpc) is 3.22. The summed E-state index contributed by atoms with van der Waals surface area (Å²) in [4.78, 5) is 22.0. The number of pyridine rings is 1. The molecule has 5 rings (SSSR count). The van der Waals surface area contributed by atoms with Gasteiger partial charge in [0.15, 0.2) is 5.11 Å². The first-order chi connectivity index (χ1) is 18.1. The maximum Gasteiger partial charge on any atom is 0.226 e. The highest BCUT2D eigenvalue weighted by Gasteiger charge is 2.40. The fourth-order valence-electron chi connectivity index (χ4n) is 5.54. The van der Waals surface area contributed by atoms with Gasteiger partial charge in [-0.3, -0.25) is 9.78 Å². The highest BCUT2D eigenvalue weighted by atomic mass is 32.1. The number of anilines is 2. The molecule has 1 saturated heterocycles. The van der Waals surface area contributed by atoms with Crippen LogP contribution in [0.1, 0.15) is 61.7 Å². The summed E-state index contributed by atoms with van der Waals surface area (Å²) in [5.74, 6) is -0.0356. The molecule has 3 aromatic rings. The number of allylic oxidation sites excluding steroid dienone is 1. The Hall–Kier alpha value is -3.71. The molecule has 0 bridgehead atoms. The predicted molar refractivity (Wildman–Crippen MR) is 159 cm³/mol. The van der Waals surface area contributed by atoms with Crippen molar-refractivity contribution < 1.29 is 4.79 Å². The Bertz CT molecular complexity index is 1400. The molecule has 2 N–H and O–H groups in total. The average molecular weight is 526 g/mol. The molecule has 0 saturated carbocycles. The Morgan fingerprint density at radius 2 is 1.92 bits per heavy atom. The predicted octanol–water partition coefficient (Wildman–Crippen LogP) is 6.02. The van der Waals surface area contributed by atoms with Gasteiger partial charge in [0.2, 0.25) is 5.91 Å². The molecule has 2 aliphatic heterocycles. The van der Waals surface area contributed by atoms with E-state index >= 15 is 0 Å². The van der Waals surface area contributed by atoms with E-state index in [2.05, 4.69) is 77.5 Å². The molecule has 38 heavy (non-hydrogen) atoms. The molecule has 0 radical (unpaired) electrons. The quantitative estimate of drug-likeness (QED) is 0.384. The molecule has 1 amide bonds. The van der Waals surface area contributed by atoms with Gasteiger partial charge in [-0.2, -0.15) is 0 Å². The molecular formula is C31H35N5OS. The fourth-order valence-corrected chi connectivity index (χ4v) is 5.87. The Morgan fingerprint density at radius 3 is 2.66 bits per heavy atom. The summed E-state index contributed by atoms with van der Waals surface area (Å²) in [7, 11) is 2.14. The summed E-state index contributed by atoms with van der Waals surface area (Å²) >= 11 is 5.82. The first-order valence-electron chi connectivity index (χ1n) is 13.1. The third-order valence-electron chi connectivity index (χ3n) is 7.66. The van der Waals surface area contributed by atoms with Crippen molar-refractivity contribution in [2.75, 3.05) is 23.8 Å². The smallest absolute Gasteiger partial charge is 0.226 e. The lowest BCUT2D eigenvalue weighted by Gasteiger charge is -2.41. The van der Waals surface area contributed by atoms with Gasteiger partial charge in [0.1, 0.15) is 0 Å².